The molecule has 0 bridgehead atoms. The van der Waals surface area contributed by atoms with Crippen molar-refractivity contribution in [3.05, 3.63) is 0 Å². The molecule has 1 rings (SSSR count). The maximum Gasteiger partial charge on any atom is 0.334 e. The number of carbonyl (C=O) groups excluding carboxylic acids is 1. The minimum absolute atomic E-state index is 0.0936. The molecule has 1 fully saturated rings. The Morgan fingerprint density at radius 1 is 1.62 bits per heavy atom. The molecule has 2 atom stereocenters. The van der Waals surface area contributed by atoms with Crippen LogP contribution in [-0.4, -0.2) is 38.9 Å². The third kappa shape index (κ3) is 1.82. The lowest BCUT2D eigenvalue weighted by Crippen LogP contribution is -2.54. The first-order valence-corrected chi connectivity index (χ1v) is 4.10. The van der Waals surface area contributed by atoms with Crippen LogP contribution in [0.1, 0.15) is 13.3 Å². The maximum absolute atomic E-state index is 11.0. The molecule has 1 aliphatic rings. The highest BCUT2D eigenvalue weighted by Gasteiger charge is 2.46. The summed E-state index contributed by atoms with van der Waals surface area (Å²) in [4.78, 5) is 11.0. The standard InChI is InChI=1S/C8H14O5/c1-4-8(11-3)7(10-2)12-5-6(9)13-8/h7H,4-5H2,1-3H3/t7-,8-/m1/s1. The molecule has 1 saturated heterocycles. The fraction of sp³-hybridized carbons (Fsp3) is 0.875. The lowest BCUT2D eigenvalue weighted by atomic mass is 10.2. The molecule has 0 radical (unpaired) electrons. The Morgan fingerprint density at radius 3 is 2.77 bits per heavy atom. The van der Waals surface area contributed by atoms with E-state index in [4.69, 9.17) is 18.9 Å². The second-order valence-corrected chi connectivity index (χ2v) is 2.72. The lowest BCUT2D eigenvalue weighted by Gasteiger charge is -2.39. The van der Waals surface area contributed by atoms with Crippen molar-refractivity contribution < 1.29 is 23.7 Å². The summed E-state index contributed by atoms with van der Waals surface area (Å²) in [6.45, 7) is 1.74. The van der Waals surface area contributed by atoms with E-state index in [1.54, 1.807) is 0 Å². The summed E-state index contributed by atoms with van der Waals surface area (Å²) in [5, 5.41) is 0. The number of carbonyl (C=O) groups is 1. The molecule has 0 unspecified atom stereocenters. The second kappa shape index (κ2) is 4.04. The van der Waals surface area contributed by atoms with Gasteiger partial charge in [-0.05, 0) is 0 Å². The van der Waals surface area contributed by atoms with Crippen LogP contribution in [0.2, 0.25) is 0 Å². The second-order valence-electron chi connectivity index (χ2n) is 2.72. The van der Waals surface area contributed by atoms with Crippen LogP contribution in [0.5, 0.6) is 0 Å². The molecule has 0 aromatic carbocycles. The van der Waals surface area contributed by atoms with Gasteiger partial charge in [-0.3, -0.25) is 0 Å². The molecule has 1 heterocycles. The smallest absolute Gasteiger partial charge is 0.334 e. The van der Waals surface area contributed by atoms with E-state index < -0.39 is 18.0 Å². The maximum atomic E-state index is 11.0. The largest absolute Gasteiger partial charge is 0.426 e. The SMILES string of the molecule is CC[C@@]1(OC)OC(=O)CO[C@H]1OC. The van der Waals surface area contributed by atoms with Crippen LogP contribution in [0.3, 0.4) is 0 Å². The van der Waals surface area contributed by atoms with Gasteiger partial charge in [0.15, 0.2) is 0 Å². The number of cyclic esters (lactones) is 1. The van der Waals surface area contributed by atoms with Gasteiger partial charge < -0.3 is 18.9 Å². The highest BCUT2D eigenvalue weighted by atomic mass is 16.8. The summed E-state index contributed by atoms with van der Waals surface area (Å²) < 4.78 is 20.3. The van der Waals surface area contributed by atoms with Crippen molar-refractivity contribution in [2.24, 2.45) is 0 Å². The van der Waals surface area contributed by atoms with Crippen molar-refractivity contribution in [2.45, 2.75) is 25.4 Å². The third-order valence-electron chi connectivity index (χ3n) is 2.05. The first kappa shape index (κ1) is 10.4. The molecular weight excluding hydrogens is 176 g/mol. The number of hydrogen-bond donors (Lipinski definition) is 0. The van der Waals surface area contributed by atoms with Crippen molar-refractivity contribution in [2.75, 3.05) is 20.8 Å². The monoisotopic (exact) mass is 190 g/mol. The Bertz CT molecular complexity index is 187. The fourth-order valence-electron chi connectivity index (χ4n) is 1.31. The van der Waals surface area contributed by atoms with Gasteiger partial charge in [-0.2, -0.15) is 0 Å². The van der Waals surface area contributed by atoms with Crippen molar-refractivity contribution in [1.29, 1.82) is 0 Å². The zero-order valence-electron chi connectivity index (χ0n) is 8.03. The van der Waals surface area contributed by atoms with Crippen LogP contribution in [0.15, 0.2) is 0 Å². The van der Waals surface area contributed by atoms with Gasteiger partial charge in [-0.1, -0.05) is 6.92 Å². The predicted octanol–water partition coefficient (Wildman–Crippen LogP) is 0.285. The minimum Gasteiger partial charge on any atom is -0.426 e. The van der Waals surface area contributed by atoms with E-state index in [-0.39, 0.29) is 6.61 Å². The molecule has 0 amide bonds. The summed E-state index contributed by atoms with van der Waals surface area (Å²) in [5.74, 6) is -1.53. The van der Waals surface area contributed by atoms with Crippen molar-refractivity contribution >= 4 is 5.97 Å². The molecular formula is C8H14O5. The zero-order valence-corrected chi connectivity index (χ0v) is 8.03. The Morgan fingerprint density at radius 2 is 2.31 bits per heavy atom. The number of esters is 1. The predicted molar refractivity (Wildman–Crippen MR) is 42.9 cm³/mol. The average molecular weight is 190 g/mol. The Balaban J connectivity index is 2.78. The topological polar surface area (TPSA) is 54.0 Å². The molecule has 5 nitrogen and oxygen atoms in total. The number of hydrogen-bond acceptors (Lipinski definition) is 5. The number of ether oxygens (including phenoxy) is 4. The van der Waals surface area contributed by atoms with E-state index in [0.29, 0.717) is 6.42 Å². The average Bonchev–Trinajstić information content (AvgIpc) is 2.17. The quantitative estimate of drug-likeness (QED) is 0.598. The Labute approximate surface area is 76.9 Å². The van der Waals surface area contributed by atoms with Gasteiger partial charge in [-0.25, -0.2) is 4.79 Å². The summed E-state index contributed by atoms with van der Waals surface area (Å²) >= 11 is 0. The molecule has 0 aromatic rings. The van der Waals surface area contributed by atoms with Crippen LogP contribution in [0.4, 0.5) is 0 Å². The van der Waals surface area contributed by atoms with Gasteiger partial charge in [-0.15, -0.1) is 0 Å². The van der Waals surface area contributed by atoms with Crippen LogP contribution in [-0.2, 0) is 23.7 Å². The molecule has 1 aliphatic heterocycles. The summed E-state index contributed by atoms with van der Waals surface area (Å²) in [5.41, 5.74) is 0. The first-order valence-electron chi connectivity index (χ1n) is 4.10. The van der Waals surface area contributed by atoms with Gasteiger partial charge in [0, 0.05) is 20.6 Å². The molecule has 0 saturated carbocycles. The lowest BCUT2D eigenvalue weighted by molar-refractivity contribution is -0.349. The highest BCUT2D eigenvalue weighted by Crippen LogP contribution is 2.28. The van der Waals surface area contributed by atoms with E-state index in [0.717, 1.165) is 0 Å². The van der Waals surface area contributed by atoms with Gasteiger partial charge in [0.05, 0.1) is 0 Å². The molecule has 0 aromatic heterocycles. The van der Waals surface area contributed by atoms with Gasteiger partial charge in [0.25, 0.3) is 5.79 Å². The zero-order chi connectivity index (χ0) is 9.90. The van der Waals surface area contributed by atoms with Crippen LogP contribution in [0.25, 0.3) is 0 Å². The number of rotatable bonds is 3. The van der Waals surface area contributed by atoms with E-state index in [1.807, 2.05) is 6.92 Å². The van der Waals surface area contributed by atoms with Gasteiger partial charge >= 0.3 is 5.97 Å². The van der Waals surface area contributed by atoms with E-state index >= 15 is 0 Å². The Hall–Kier alpha value is -0.650. The van der Waals surface area contributed by atoms with Crippen molar-refractivity contribution in [3.8, 4) is 0 Å². The molecule has 5 heteroatoms. The first-order chi connectivity index (χ1) is 6.18. The highest BCUT2D eigenvalue weighted by molar-refractivity contribution is 5.71. The normalized spacial score (nSPS) is 34.4. The Kier molecular flexibility index (Phi) is 3.24. The van der Waals surface area contributed by atoms with Crippen LogP contribution in [0, 0.1) is 0 Å². The summed E-state index contributed by atoms with van der Waals surface area (Å²) in [6.07, 6.45) is -0.173. The van der Waals surface area contributed by atoms with E-state index in [1.165, 1.54) is 14.2 Å². The molecule has 76 valence electrons. The van der Waals surface area contributed by atoms with E-state index in [2.05, 4.69) is 0 Å². The van der Waals surface area contributed by atoms with Crippen molar-refractivity contribution in [1.82, 2.24) is 0 Å². The summed E-state index contributed by atoms with van der Waals surface area (Å²) in [6, 6.07) is 0. The molecule has 0 spiro atoms. The molecule has 0 aliphatic carbocycles. The van der Waals surface area contributed by atoms with Gasteiger partial charge in [0.2, 0.25) is 6.29 Å². The molecule has 0 N–H and O–H groups in total. The van der Waals surface area contributed by atoms with Gasteiger partial charge in [0.1, 0.15) is 6.61 Å². The van der Waals surface area contributed by atoms with Crippen molar-refractivity contribution in [3.63, 3.8) is 0 Å². The third-order valence-corrected chi connectivity index (χ3v) is 2.05. The fourth-order valence-corrected chi connectivity index (χ4v) is 1.31. The number of methoxy groups -OCH3 is 2. The van der Waals surface area contributed by atoms with E-state index in [9.17, 15) is 4.79 Å². The summed E-state index contributed by atoms with van der Waals surface area (Å²) in [7, 11) is 2.94. The minimum atomic E-state index is -1.09. The molecule has 13 heavy (non-hydrogen) atoms. The van der Waals surface area contributed by atoms with Crippen LogP contribution < -0.4 is 0 Å². The van der Waals surface area contributed by atoms with Crippen LogP contribution >= 0.6 is 0 Å².